The van der Waals surface area contributed by atoms with Crippen molar-refractivity contribution >= 4 is 5.96 Å². The second-order valence-electron chi connectivity index (χ2n) is 7.10. The Morgan fingerprint density at radius 1 is 1.31 bits per heavy atom. The molecule has 1 saturated heterocycles. The molecule has 0 saturated carbocycles. The molecule has 2 rings (SSSR count). The van der Waals surface area contributed by atoms with E-state index < -0.39 is 0 Å². The summed E-state index contributed by atoms with van der Waals surface area (Å²) < 4.78 is 7.63. The number of aromatic nitrogens is 3. The summed E-state index contributed by atoms with van der Waals surface area (Å²) >= 11 is 0. The Morgan fingerprint density at radius 3 is 2.62 bits per heavy atom. The number of aliphatic imine (C=N–C) groups is 1. The van der Waals surface area contributed by atoms with Crippen molar-refractivity contribution in [3.05, 3.63) is 11.6 Å². The van der Waals surface area contributed by atoms with E-state index in [1.54, 1.807) is 0 Å². The smallest absolute Gasteiger partial charge is 0.191 e. The van der Waals surface area contributed by atoms with Crippen LogP contribution in [0.15, 0.2) is 4.99 Å². The van der Waals surface area contributed by atoms with E-state index >= 15 is 0 Å². The Labute approximate surface area is 157 Å². The summed E-state index contributed by atoms with van der Waals surface area (Å²) in [6.45, 7) is 13.6. The topological polar surface area (TPSA) is 79.6 Å². The minimum Gasteiger partial charge on any atom is -0.377 e. The van der Waals surface area contributed by atoms with Gasteiger partial charge in [0.2, 0.25) is 0 Å². The number of nitrogens with one attached hydrogen (secondary N) is 2. The zero-order valence-electron chi connectivity index (χ0n) is 17.0. The fraction of sp³-hybridized carbons (Fsp3) is 0.833. The number of ether oxygens (including phenoxy) is 1. The molecule has 0 bridgehead atoms. The summed E-state index contributed by atoms with van der Waals surface area (Å²) in [7, 11) is 1.97. The molecule has 1 aliphatic heterocycles. The highest BCUT2D eigenvalue weighted by atomic mass is 16.5. The van der Waals surface area contributed by atoms with Crippen molar-refractivity contribution in [2.75, 3.05) is 32.8 Å². The van der Waals surface area contributed by atoms with Crippen LogP contribution in [0.4, 0.5) is 0 Å². The van der Waals surface area contributed by atoms with Crippen molar-refractivity contribution < 1.29 is 4.74 Å². The first-order chi connectivity index (χ1) is 12.5. The Kier molecular flexibility index (Phi) is 8.31. The van der Waals surface area contributed by atoms with E-state index in [0.29, 0.717) is 18.7 Å². The van der Waals surface area contributed by atoms with Crippen molar-refractivity contribution in [2.24, 2.45) is 12.0 Å². The third-order valence-corrected chi connectivity index (χ3v) is 4.69. The normalized spacial score (nSPS) is 17.1. The lowest BCUT2D eigenvalue weighted by Crippen LogP contribution is -2.49. The molecule has 1 fully saturated rings. The van der Waals surface area contributed by atoms with Crippen molar-refractivity contribution in [1.82, 2.24) is 30.3 Å². The van der Waals surface area contributed by atoms with Gasteiger partial charge in [-0.15, -0.1) is 10.2 Å². The van der Waals surface area contributed by atoms with E-state index in [2.05, 4.69) is 51.5 Å². The number of aryl methyl sites for hydroxylation is 1. The number of piperidine rings is 1. The van der Waals surface area contributed by atoms with Gasteiger partial charge < -0.3 is 24.8 Å². The summed E-state index contributed by atoms with van der Waals surface area (Å²) in [5, 5.41) is 15.2. The lowest BCUT2D eigenvalue weighted by Gasteiger charge is -2.33. The monoisotopic (exact) mass is 365 g/mol. The third kappa shape index (κ3) is 6.57. The van der Waals surface area contributed by atoms with Crippen LogP contribution in [0.1, 0.15) is 45.3 Å². The minimum atomic E-state index is 0.311. The van der Waals surface area contributed by atoms with Crippen LogP contribution in [0.25, 0.3) is 0 Å². The third-order valence-electron chi connectivity index (χ3n) is 4.69. The number of rotatable bonds is 8. The van der Waals surface area contributed by atoms with Gasteiger partial charge in [-0.05, 0) is 40.5 Å². The summed E-state index contributed by atoms with van der Waals surface area (Å²) in [5.41, 5.74) is 0. The highest BCUT2D eigenvalue weighted by Gasteiger charge is 2.20. The number of nitrogens with zero attached hydrogens (tertiary/aromatic N) is 5. The maximum Gasteiger partial charge on any atom is 0.191 e. The Bertz CT molecular complexity index is 562. The second kappa shape index (κ2) is 10.5. The average molecular weight is 366 g/mol. The van der Waals surface area contributed by atoms with Crippen molar-refractivity contribution in [1.29, 1.82) is 0 Å². The van der Waals surface area contributed by atoms with Gasteiger partial charge in [0.15, 0.2) is 11.8 Å². The summed E-state index contributed by atoms with van der Waals surface area (Å²) in [6.07, 6.45) is 2.55. The van der Waals surface area contributed by atoms with Gasteiger partial charge in [-0.2, -0.15) is 0 Å². The SMILES string of the molecule is CCNC(=NCc1nnc(C)n1C)NC1CCN(CCOC(C)C)CC1. The molecule has 0 spiro atoms. The van der Waals surface area contributed by atoms with Crippen molar-refractivity contribution in [3.8, 4) is 0 Å². The molecule has 1 aromatic heterocycles. The van der Waals surface area contributed by atoms with Gasteiger partial charge in [-0.1, -0.05) is 0 Å². The van der Waals surface area contributed by atoms with Crippen LogP contribution in [-0.4, -0.2) is 70.6 Å². The minimum absolute atomic E-state index is 0.311. The van der Waals surface area contributed by atoms with Gasteiger partial charge >= 0.3 is 0 Å². The number of hydrogen-bond donors (Lipinski definition) is 2. The predicted molar refractivity (Wildman–Crippen MR) is 104 cm³/mol. The van der Waals surface area contributed by atoms with E-state index in [1.807, 2.05) is 18.5 Å². The van der Waals surface area contributed by atoms with Gasteiger partial charge in [0.25, 0.3) is 0 Å². The molecular formula is C18H35N7O. The highest BCUT2D eigenvalue weighted by molar-refractivity contribution is 5.80. The van der Waals surface area contributed by atoms with Gasteiger partial charge in [-0.25, -0.2) is 4.99 Å². The molecule has 2 N–H and O–H groups in total. The number of guanidine groups is 1. The summed E-state index contributed by atoms with van der Waals surface area (Å²) in [6, 6.07) is 0.455. The first-order valence-electron chi connectivity index (χ1n) is 9.73. The number of likely N-dealkylation sites (tertiary alicyclic amines) is 1. The van der Waals surface area contributed by atoms with E-state index in [4.69, 9.17) is 4.74 Å². The zero-order valence-corrected chi connectivity index (χ0v) is 17.0. The van der Waals surface area contributed by atoms with Crippen LogP contribution in [-0.2, 0) is 18.3 Å². The van der Waals surface area contributed by atoms with Gasteiger partial charge in [-0.3, -0.25) is 0 Å². The quantitative estimate of drug-likeness (QED) is 0.530. The molecule has 1 aromatic rings. The maximum absolute atomic E-state index is 5.65. The molecule has 0 radical (unpaired) electrons. The second-order valence-corrected chi connectivity index (χ2v) is 7.10. The summed E-state index contributed by atoms with van der Waals surface area (Å²) in [5.74, 6) is 2.64. The Morgan fingerprint density at radius 2 is 2.04 bits per heavy atom. The zero-order chi connectivity index (χ0) is 18.9. The predicted octanol–water partition coefficient (Wildman–Crippen LogP) is 1.07. The molecule has 26 heavy (non-hydrogen) atoms. The van der Waals surface area contributed by atoms with Crippen molar-refractivity contribution in [2.45, 2.75) is 59.2 Å². The van der Waals surface area contributed by atoms with Crippen molar-refractivity contribution in [3.63, 3.8) is 0 Å². The number of hydrogen-bond acceptors (Lipinski definition) is 5. The maximum atomic E-state index is 5.65. The highest BCUT2D eigenvalue weighted by Crippen LogP contribution is 2.10. The molecule has 1 aliphatic rings. The van der Waals surface area contributed by atoms with Gasteiger partial charge in [0.05, 0.1) is 12.7 Å². The molecule has 0 aliphatic carbocycles. The lowest BCUT2D eigenvalue weighted by molar-refractivity contribution is 0.0532. The molecule has 0 unspecified atom stereocenters. The average Bonchev–Trinajstić information content (AvgIpc) is 2.93. The molecule has 0 aromatic carbocycles. The van der Waals surface area contributed by atoms with E-state index in [-0.39, 0.29) is 0 Å². The first-order valence-corrected chi connectivity index (χ1v) is 9.73. The fourth-order valence-electron chi connectivity index (χ4n) is 2.97. The molecule has 148 valence electrons. The molecule has 8 heteroatoms. The largest absolute Gasteiger partial charge is 0.377 e. The fourth-order valence-corrected chi connectivity index (χ4v) is 2.97. The lowest BCUT2D eigenvalue weighted by atomic mass is 10.1. The van der Waals surface area contributed by atoms with Gasteiger partial charge in [0, 0.05) is 39.3 Å². The van der Waals surface area contributed by atoms with E-state index in [9.17, 15) is 0 Å². The molecular weight excluding hydrogens is 330 g/mol. The van der Waals surface area contributed by atoms with Crippen LogP contribution >= 0.6 is 0 Å². The summed E-state index contributed by atoms with van der Waals surface area (Å²) in [4.78, 5) is 7.16. The van der Waals surface area contributed by atoms with E-state index in [1.165, 1.54) is 0 Å². The standard InChI is InChI=1S/C18H35N7O/c1-6-19-18(20-13-17-23-22-15(4)24(17)5)21-16-7-9-25(10-8-16)11-12-26-14(2)3/h14,16H,6-13H2,1-5H3,(H2,19,20,21). The van der Waals surface area contributed by atoms with Crippen LogP contribution in [0.2, 0.25) is 0 Å². The molecule has 0 amide bonds. The van der Waals surface area contributed by atoms with Crippen LogP contribution < -0.4 is 10.6 Å². The van der Waals surface area contributed by atoms with Crippen LogP contribution in [0.3, 0.4) is 0 Å². The molecule has 2 heterocycles. The van der Waals surface area contributed by atoms with Gasteiger partial charge in [0.1, 0.15) is 12.4 Å². The molecule has 8 nitrogen and oxygen atoms in total. The molecule has 0 atom stereocenters. The van der Waals surface area contributed by atoms with Crippen LogP contribution in [0, 0.1) is 6.92 Å². The van der Waals surface area contributed by atoms with Crippen LogP contribution in [0.5, 0.6) is 0 Å². The Hall–Kier alpha value is -1.67. The first kappa shape index (κ1) is 20.6. The van der Waals surface area contributed by atoms with E-state index in [0.717, 1.165) is 63.2 Å². The Balaban J connectivity index is 1.79.